The van der Waals surface area contributed by atoms with E-state index in [1.807, 2.05) is 0 Å². The summed E-state index contributed by atoms with van der Waals surface area (Å²) in [4.78, 5) is 11.0. The van der Waals surface area contributed by atoms with E-state index in [4.69, 9.17) is 4.74 Å². The maximum atomic E-state index is 5.23. The Hall–Kier alpha value is -0.840. The molecule has 2 fully saturated rings. The molecule has 0 aliphatic heterocycles. The van der Waals surface area contributed by atoms with Crippen LogP contribution in [0.1, 0.15) is 25.7 Å². The molecule has 5 heteroatoms. The Morgan fingerprint density at radius 1 is 1.42 bits per heavy atom. The number of ether oxygens (including phenoxy) is 1. The highest BCUT2D eigenvalue weighted by molar-refractivity contribution is 9.10. The van der Waals surface area contributed by atoms with Gasteiger partial charge in [-0.3, -0.25) is 0 Å². The normalized spacial score (nSPS) is 28.7. The Kier molecular flexibility index (Phi) is 3.65. The van der Waals surface area contributed by atoms with Gasteiger partial charge in [-0.25, -0.2) is 4.98 Å². The predicted octanol–water partition coefficient (Wildman–Crippen LogP) is 3.12. The van der Waals surface area contributed by atoms with Gasteiger partial charge in [0.05, 0.1) is 17.8 Å². The van der Waals surface area contributed by atoms with E-state index < -0.39 is 0 Å². The molecule has 4 nitrogen and oxygen atoms in total. The maximum Gasteiger partial charge on any atom is 0.232 e. The topological polar surface area (TPSA) is 38.2 Å². The average molecular weight is 326 g/mol. The molecule has 0 N–H and O–H groups in total. The summed E-state index contributed by atoms with van der Waals surface area (Å²) in [6, 6.07) is 0. The van der Waals surface area contributed by atoms with Gasteiger partial charge in [-0.05, 0) is 52.9 Å². The average Bonchev–Trinajstić information content (AvgIpc) is 3.01. The van der Waals surface area contributed by atoms with Crippen molar-refractivity contribution in [2.75, 3.05) is 25.6 Å². The molecule has 0 saturated heterocycles. The van der Waals surface area contributed by atoms with Gasteiger partial charge in [0.15, 0.2) is 0 Å². The molecule has 0 aromatic carbocycles. The molecule has 3 unspecified atom stereocenters. The van der Waals surface area contributed by atoms with Gasteiger partial charge in [-0.2, -0.15) is 4.98 Å². The molecule has 3 rings (SSSR count). The summed E-state index contributed by atoms with van der Waals surface area (Å²) in [7, 11) is 3.71. The van der Waals surface area contributed by atoms with E-state index >= 15 is 0 Å². The summed E-state index contributed by atoms with van der Waals surface area (Å²) in [5, 5.41) is 0. The van der Waals surface area contributed by atoms with E-state index in [1.165, 1.54) is 25.7 Å². The summed E-state index contributed by atoms with van der Waals surface area (Å²) >= 11 is 3.39. The summed E-state index contributed by atoms with van der Waals surface area (Å²) in [5.41, 5.74) is 0. The Balaban J connectivity index is 1.68. The van der Waals surface area contributed by atoms with E-state index in [1.54, 1.807) is 13.3 Å². The number of hydrogen-bond donors (Lipinski definition) is 0. The van der Waals surface area contributed by atoms with Crippen molar-refractivity contribution in [1.82, 2.24) is 9.97 Å². The second kappa shape index (κ2) is 5.27. The van der Waals surface area contributed by atoms with E-state index in [9.17, 15) is 0 Å². The second-order valence-electron chi connectivity index (χ2n) is 5.84. The van der Waals surface area contributed by atoms with E-state index in [-0.39, 0.29) is 0 Å². The molecule has 3 atom stereocenters. The van der Waals surface area contributed by atoms with Crippen LogP contribution in [0.5, 0.6) is 5.88 Å². The van der Waals surface area contributed by atoms with Crippen molar-refractivity contribution in [3.05, 3.63) is 10.7 Å². The van der Waals surface area contributed by atoms with Crippen molar-refractivity contribution in [1.29, 1.82) is 0 Å². The molecule has 2 bridgehead atoms. The first-order valence-electron chi connectivity index (χ1n) is 6.95. The molecular weight excluding hydrogens is 306 g/mol. The van der Waals surface area contributed by atoms with Gasteiger partial charge in [0.2, 0.25) is 11.8 Å². The van der Waals surface area contributed by atoms with Gasteiger partial charge in [0.25, 0.3) is 0 Å². The van der Waals surface area contributed by atoms with Crippen LogP contribution >= 0.6 is 15.9 Å². The Morgan fingerprint density at radius 2 is 2.26 bits per heavy atom. The van der Waals surface area contributed by atoms with Crippen molar-refractivity contribution >= 4 is 21.9 Å². The number of rotatable bonds is 4. The van der Waals surface area contributed by atoms with Gasteiger partial charge in [-0.15, -0.1) is 0 Å². The summed E-state index contributed by atoms with van der Waals surface area (Å²) in [5.74, 6) is 4.10. The fourth-order valence-corrected chi connectivity index (χ4v) is 4.06. The van der Waals surface area contributed by atoms with E-state index in [0.717, 1.165) is 34.7 Å². The van der Waals surface area contributed by atoms with Gasteiger partial charge in [-0.1, -0.05) is 6.42 Å². The standard InChI is InChI=1S/C14H20BrN3O/c1-18(8-11-6-9-3-4-10(11)5-9)14-16-7-12(15)13(17-14)19-2/h7,9-11H,3-6,8H2,1-2H3. The van der Waals surface area contributed by atoms with Gasteiger partial charge < -0.3 is 9.64 Å². The maximum absolute atomic E-state index is 5.23. The van der Waals surface area contributed by atoms with Crippen molar-refractivity contribution < 1.29 is 4.74 Å². The number of aromatic nitrogens is 2. The minimum atomic E-state index is 0.602. The van der Waals surface area contributed by atoms with Crippen LogP contribution in [0.4, 0.5) is 5.95 Å². The van der Waals surface area contributed by atoms with Crippen molar-refractivity contribution in [3.63, 3.8) is 0 Å². The number of halogens is 1. The van der Waals surface area contributed by atoms with Crippen LogP contribution < -0.4 is 9.64 Å². The lowest BCUT2D eigenvalue weighted by molar-refractivity contribution is 0.336. The molecule has 1 heterocycles. The number of anilines is 1. The molecule has 1 aromatic heterocycles. The van der Waals surface area contributed by atoms with Crippen LogP contribution in [0.2, 0.25) is 0 Å². The Bertz CT molecular complexity index is 468. The minimum absolute atomic E-state index is 0.602. The fraction of sp³-hybridized carbons (Fsp3) is 0.714. The molecule has 0 amide bonds. The number of methoxy groups -OCH3 is 1. The zero-order valence-corrected chi connectivity index (χ0v) is 13.1. The summed E-state index contributed by atoms with van der Waals surface area (Å²) in [6.45, 7) is 1.06. The van der Waals surface area contributed by atoms with E-state index in [2.05, 4.69) is 37.8 Å². The summed E-state index contributed by atoms with van der Waals surface area (Å²) in [6.07, 6.45) is 7.48. The Labute approximate surface area is 122 Å². The molecule has 1 aromatic rings. The molecule has 0 radical (unpaired) electrons. The van der Waals surface area contributed by atoms with Gasteiger partial charge >= 0.3 is 0 Å². The van der Waals surface area contributed by atoms with Crippen LogP contribution in [0.25, 0.3) is 0 Å². The van der Waals surface area contributed by atoms with Gasteiger partial charge in [0, 0.05) is 13.6 Å². The van der Waals surface area contributed by atoms with Crippen LogP contribution in [0.3, 0.4) is 0 Å². The van der Waals surface area contributed by atoms with Crippen molar-refractivity contribution in [2.24, 2.45) is 17.8 Å². The van der Waals surface area contributed by atoms with E-state index in [0.29, 0.717) is 5.88 Å². The highest BCUT2D eigenvalue weighted by atomic mass is 79.9. The third-order valence-electron chi connectivity index (χ3n) is 4.63. The first-order valence-corrected chi connectivity index (χ1v) is 7.74. The SMILES string of the molecule is COc1nc(N(C)CC2CC3CCC2C3)ncc1Br. The zero-order chi connectivity index (χ0) is 13.4. The molecule has 2 aliphatic carbocycles. The molecule has 2 saturated carbocycles. The van der Waals surface area contributed by atoms with Crippen molar-refractivity contribution in [2.45, 2.75) is 25.7 Å². The smallest absolute Gasteiger partial charge is 0.232 e. The molecular formula is C14H20BrN3O. The molecule has 19 heavy (non-hydrogen) atoms. The largest absolute Gasteiger partial charge is 0.480 e. The van der Waals surface area contributed by atoms with Crippen molar-refractivity contribution in [3.8, 4) is 5.88 Å². The summed E-state index contributed by atoms with van der Waals surface area (Å²) < 4.78 is 6.03. The molecule has 0 spiro atoms. The number of nitrogens with zero attached hydrogens (tertiary/aromatic N) is 3. The first-order chi connectivity index (χ1) is 9.17. The fourth-order valence-electron chi connectivity index (χ4n) is 3.70. The van der Waals surface area contributed by atoms with Crippen LogP contribution in [0.15, 0.2) is 10.7 Å². The lowest BCUT2D eigenvalue weighted by Crippen LogP contribution is -2.29. The number of hydrogen-bond acceptors (Lipinski definition) is 4. The third kappa shape index (κ3) is 2.57. The minimum Gasteiger partial charge on any atom is -0.480 e. The highest BCUT2D eigenvalue weighted by Crippen LogP contribution is 2.48. The molecule has 104 valence electrons. The third-order valence-corrected chi connectivity index (χ3v) is 5.17. The quantitative estimate of drug-likeness (QED) is 0.852. The van der Waals surface area contributed by atoms with Gasteiger partial charge in [0.1, 0.15) is 0 Å². The van der Waals surface area contributed by atoms with Crippen LogP contribution in [-0.4, -0.2) is 30.7 Å². The van der Waals surface area contributed by atoms with Crippen LogP contribution in [-0.2, 0) is 0 Å². The zero-order valence-electron chi connectivity index (χ0n) is 11.5. The number of fused-ring (bicyclic) bond motifs is 2. The first kappa shape index (κ1) is 13.2. The predicted molar refractivity (Wildman–Crippen MR) is 78.5 cm³/mol. The lowest BCUT2D eigenvalue weighted by Gasteiger charge is -2.27. The second-order valence-corrected chi connectivity index (χ2v) is 6.70. The Morgan fingerprint density at radius 3 is 2.89 bits per heavy atom. The molecule has 2 aliphatic rings. The lowest BCUT2D eigenvalue weighted by atomic mass is 9.88. The monoisotopic (exact) mass is 325 g/mol. The highest BCUT2D eigenvalue weighted by Gasteiger charge is 2.39. The van der Waals surface area contributed by atoms with Crippen LogP contribution in [0, 0.1) is 17.8 Å².